The molecule has 1 aromatic carbocycles. The first kappa shape index (κ1) is 14.4. The molecule has 6 heteroatoms. The van der Waals surface area contributed by atoms with Crippen LogP contribution in [0.2, 0.25) is 0 Å². The molecule has 0 amide bonds. The molecule has 2 aromatic rings. The molecule has 1 unspecified atom stereocenters. The van der Waals surface area contributed by atoms with Gasteiger partial charge in [0.05, 0.1) is 7.11 Å². The molecular formula is C15H20N4OS. The van der Waals surface area contributed by atoms with Crippen LogP contribution in [0.15, 0.2) is 29.7 Å². The van der Waals surface area contributed by atoms with Crippen LogP contribution in [-0.4, -0.2) is 40.6 Å². The Hall–Kier alpha value is -1.53. The van der Waals surface area contributed by atoms with Crippen molar-refractivity contribution in [1.82, 2.24) is 20.5 Å². The number of aromatic nitrogens is 3. The Labute approximate surface area is 128 Å². The van der Waals surface area contributed by atoms with E-state index < -0.39 is 0 Å². The highest BCUT2D eigenvalue weighted by Crippen LogP contribution is 2.25. The summed E-state index contributed by atoms with van der Waals surface area (Å²) in [6.45, 7) is 0.981. The van der Waals surface area contributed by atoms with Crippen LogP contribution in [0.4, 0.5) is 0 Å². The van der Waals surface area contributed by atoms with E-state index in [0.717, 1.165) is 36.0 Å². The van der Waals surface area contributed by atoms with Crippen molar-refractivity contribution in [2.24, 2.45) is 0 Å². The van der Waals surface area contributed by atoms with E-state index in [9.17, 15) is 0 Å². The second-order valence-electron chi connectivity index (χ2n) is 5.17. The van der Waals surface area contributed by atoms with E-state index in [-0.39, 0.29) is 0 Å². The number of H-pyrrole nitrogens is 1. The van der Waals surface area contributed by atoms with E-state index in [2.05, 4.69) is 38.7 Å². The minimum Gasteiger partial charge on any atom is -0.497 e. The highest BCUT2D eigenvalue weighted by atomic mass is 32.2. The Morgan fingerprint density at radius 3 is 3.19 bits per heavy atom. The summed E-state index contributed by atoms with van der Waals surface area (Å²) in [4.78, 5) is 4.10. The normalized spacial score (nSPS) is 17.5. The van der Waals surface area contributed by atoms with Crippen LogP contribution in [0, 0.1) is 0 Å². The van der Waals surface area contributed by atoms with Gasteiger partial charge in [0.2, 0.25) is 0 Å². The molecule has 1 heterocycles. The number of rotatable bonds is 6. The molecule has 1 aliphatic carbocycles. The van der Waals surface area contributed by atoms with Crippen LogP contribution >= 0.6 is 11.8 Å². The lowest BCUT2D eigenvalue weighted by Gasteiger charge is -2.26. The summed E-state index contributed by atoms with van der Waals surface area (Å²) in [5.41, 5.74) is 2.88. The predicted molar refractivity (Wildman–Crippen MR) is 83.9 cm³/mol. The second kappa shape index (κ2) is 6.95. The Kier molecular flexibility index (Phi) is 4.77. The lowest BCUT2D eigenvalue weighted by molar-refractivity contribution is 0.411. The maximum atomic E-state index is 5.32. The average molecular weight is 304 g/mol. The van der Waals surface area contributed by atoms with Crippen molar-refractivity contribution in [3.8, 4) is 5.75 Å². The summed E-state index contributed by atoms with van der Waals surface area (Å²) in [5, 5.41) is 11.2. The van der Waals surface area contributed by atoms with Crippen molar-refractivity contribution in [3.63, 3.8) is 0 Å². The number of hydrogen-bond acceptors (Lipinski definition) is 5. The smallest absolute Gasteiger partial charge is 0.183 e. The quantitative estimate of drug-likeness (QED) is 0.632. The van der Waals surface area contributed by atoms with E-state index in [4.69, 9.17) is 4.74 Å². The number of benzene rings is 1. The largest absolute Gasteiger partial charge is 0.497 e. The van der Waals surface area contributed by atoms with Crippen molar-refractivity contribution in [2.45, 2.75) is 30.5 Å². The third-order valence-corrected chi connectivity index (χ3v) is 4.69. The molecule has 0 bridgehead atoms. The van der Waals surface area contributed by atoms with Gasteiger partial charge in [-0.15, -0.1) is 0 Å². The van der Waals surface area contributed by atoms with Gasteiger partial charge in [0.1, 0.15) is 12.1 Å². The number of nitrogens with zero attached hydrogens (tertiary/aromatic N) is 2. The lowest BCUT2D eigenvalue weighted by atomic mass is 9.88. The van der Waals surface area contributed by atoms with Gasteiger partial charge in [0, 0.05) is 18.3 Å². The van der Waals surface area contributed by atoms with Crippen molar-refractivity contribution < 1.29 is 4.74 Å². The van der Waals surface area contributed by atoms with Crippen molar-refractivity contribution in [3.05, 3.63) is 35.7 Å². The van der Waals surface area contributed by atoms with Crippen LogP contribution in [0.5, 0.6) is 5.75 Å². The molecule has 0 saturated carbocycles. The summed E-state index contributed by atoms with van der Waals surface area (Å²) in [7, 11) is 1.72. The SMILES string of the molecule is COc1ccc2c(c1)CC(NCCSc1ncn[nH]1)CC2. The molecule has 1 aromatic heterocycles. The number of methoxy groups -OCH3 is 1. The standard InChI is InChI=1S/C15H20N4OS/c1-20-14-5-3-11-2-4-13(8-12(11)9-14)16-6-7-21-15-17-10-18-19-15/h3,5,9-10,13,16H,2,4,6-8H2,1H3,(H,17,18,19). The fraction of sp³-hybridized carbons (Fsp3) is 0.467. The summed E-state index contributed by atoms with van der Waals surface area (Å²) >= 11 is 1.70. The Morgan fingerprint density at radius 1 is 1.43 bits per heavy atom. The van der Waals surface area contributed by atoms with E-state index >= 15 is 0 Å². The first-order chi connectivity index (χ1) is 10.3. The number of aryl methyl sites for hydroxylation is 1. The Bertz CT molecular complexity index is 573. The fourth-order valence-corrected chi connectivity index (χ4v) is 3.36. The zero-order chi connectivity index (χ0) is 14.5. The number of hydrogen-bond donors (Lipinski definition) is 2. The zero-order valence-electron chi connectivity index (χ0n) is 12.1. The molecule has 5 nitrogen and oxygen atoms in total. The molecule has 21 heavy (non-hydrogen) atoms. The number of fused-ring (bicyclic) bond motifs is 1. The van der Waals surface area contributed by atoms with Gasteiger partial charge in [-0.05, 0) is 42.5 Å². The third-order valence-electron chi connectivity index (χ3n) is 3.81. The molecule has 2 N–H and O–H groups in total. The summed E-state index contributed by atoms with van der Waals surface area (Å²) in [6, 6.07) is 6.98. The predicted octanol–water partition coefficient (Wildman–Crippen LogP) is 2.05. The van der Waals surface area contributed by atoms with Crippen molar-refractivity contribution >= 4 is 11.8 Å². The van der Waals surface area contributed by atoms with E-state index in [1.165, 1.54) is 17.5 Å². The minimum absolute atomic E-state index is 0.555. The van der Waals surface area contributed by atoms with E-state index in [1.54, 1.807) is 25.2 Å². The summed E-state index contributed by atoms with van der Waals surface area (Å²) < 4.78 is 5.32. The third kappa shape index (κ3) is 3.77. The van der Waals surface area contributed by atoms with Crippen LogP contribution in [0.3, 0.4) is 0 Å². The van der Waals surface area contributed by atoms with Gasteiger partial charge in [0.15, 0.2) is 5.16 Å². The Balaban J connectivity index is 1.47. The molecule has 112 valence electrons. The van der Waals surface area contributed by atoms with Gasteiger partial charge >= 0.3 is 0 Å². The highest BCUT2D eigenvalue weighted by molar-refractivity contribution is 7.99. The summed E-state index contributed by atoms with van der Waals surface area (Å²) in [6.07, 6.45) is 4.97. The summed E-state index contributed by atoms with van der Waals surface area (Å²) in [5.74, 6) is 1.95. The first-order valence-electron chi connectivity index (χ1n) is 7.22. The highest BCUT2D eigenvalue weighted by Gasteiger charge is 2.18. The average Bonchev–Trinajstić information content (AvgIpc) is 3.04. The number of nitrogens with one attached hydrogen (secondary N) is 2. The van der Waals surface area contributed by atoms with Crippen LogP contribution < -0.4 is 10.1 Å². The number of ether oxygens (including phenoxy) is 1. The van der Waals surface area contributed by atoms with E-state index in [0.29, 0.717) is 6.04 Å². The molecule has 1 aliphatic rings. The van der Waals surface area contributed by atoms with Crippen molar-refractivity contribution in [2.75, 3.05) is 19.4 Å². The minimum atomic E-state index is 0.555. The monoisotopic (exact) mass is 304 g/mol. The lowest BCUT2D eigenvalue weighted by Crippen LogP contribution is -2.35. The first-order valence-corrected chi connectivity index (χ1v) is 8.21. The van der Waals surface area contributed by atoms with Crippen LogP contribution in [0.25, 0.3) is 0 Å². The molecule has 0 radical (unpaired) electrons. The number of thioether (sulfide) groups is 1. The molecule has 1 atom stereocenters. The van der Waals surface area contributed by atoms with Gasteiger partial charge in [0.25, 0.3) is 0 Å². The molecule has 0 aliphatic heterocycles. The van der Waals surface area contributed by atoms with Gasteiger partial charge < -0.3 is 10.1 Å². The molecular weight excluding hydrogens is 284 g/mol. The topological polar surface area (TPSA) is 62.8 Å². The molecule has 0 spiro atoms. The fourth-order valence-electron chi connectivity index (χ4n) is 2.71. The molecule has 3 rings (SSSR count). The van der Waals surface area contributed by atoms with Crippen molar-refractivity contribution in [1.29, 1.82) is 0 Å². The molecule has 0 fully saturated rings. The van der Waals surface area contributed by atoms with Gasteiger partial charge in [-0.1, -0.05) is 17.8 Å². The zero-order valence-corrected chi connectivity index (χ0v) is 12.9. The molecule has 0 saturated heterocycles. The van der Waals surface area contributed by atoms with Crippen LogP contribution in [-0.2, 0) is 12.8 Å². The number of aromatic amines is 1. The maximum absolute atomic E-state index is 5.32. The second-order valence-corrected chi connectivity index (χ2v) is 6.25. The van der Waals surface area contributed by atoms with E-state index in [1.807, 2.05) is 0 Å². The van der Waals surface area contributed by atoms with Crippen LogP contribution in [0.1, 0.15) is 17.5 Å². The van der Waals surface area contributed by atoms with Gasteiger partial charge in [-0.2, -0.15) is 5.10 Å². The van der Waals surface area contributed by atoms with Gasteiger partial charge in [-0.3, -0.25) is 5.10 Å². The Morgan fingerprint density at radius 2 is 2.38 bits per heavy atom. The maximum Gasteiger partial charge on any atom is 0.183 e. The van der Waals surface area contributed by atoms with Gasteiger partial charge in [-0.25, -0.2) is 4.98 Å².